The van der Waals surface area contributed by atoms with Crippen molar-refractivity contribution in [2.24, 2.45) is 0 Å². The minimum atomic E-state index is 0.00924. The van der Waals surface area contributed by atoms with E-state index in [1.165, 1.54) is 17.7 Å². The topological polar surface area (TPSA) is 89.3 Å². The van der Waals surface area contributed by atoms with Gasteiger partial charge in [-0.2, -0.15) is 0 Å². The summed E-state index contributed by atoms with van der Waals surface area (Å²) in [6.45, 7) is 0.573. The van der Waals surface area contributed by atoms with Crippen molar-refractivity contribution in [1.82, 2.24) is 29.5 Å². The third kappa shape index (κ3) is 2.28. The van der Waals surface area contributed by atoms with E-state index >= 15 is 0 Å². The Balaban J connectivity index is 1.53. The number of hydrogen-bond acceptors (Lipinski definition) is 7. The SMILES string of the molecule is O=c1c2sccc2ncn1CCSc1ncnc2nc[nH]c12. The summed E-state index contributed by atoms with van der Waals surface area (Å²) in [5.41, 5.74) is 2.24. The molecule has 4 rings (SSSR count). The van der Waals surface area contributed by atoms with E-state index in [4.69, 9.17) is 0 Å². The lowest BCUT2D eigenvalue weighted by Crippen LogP contribution is -2.20. The van der Waals surface area contributed by atoms with Crippen LogP contribution in [-0.2, 0) is 6.54 Å². The van der Waals surface area contributed by atoms with Crippen molar-refractivity contribution in [2.45, 2.75) is 11.6 Å². The summed E-state index contributed by atoms with van der Waals surface area (Å²) in [6.07, 6.45) is 4.70. The largest absolute Gasteiger partial charge is 0.341 e. The van der Waals surface area contributed by atoms with Crippen molar-refractivity contribution in [3.8, 4) is 0 Å². The molecule has 0 fully saturated rings. The zero-order chi connectivity index (χ0) is 14.9. The number of aromatic nitrogens is 6. The molecular weight excluding hydrogens is 320 g/mol. The van der Waals surface area contributed by atoms with Crippen LogP contribution in [0.2, 0.25) is 0 Å². The van der Waals surface area contributed by atoms with Gasteiger partial charge in [0, 0.05) is 12.3 Å². The molecule has 4 heterocycles. The van der Waals surface area contributed by atoms with Gasteiger partial charge in [0.2, 0.25) is 0 Å². The quantitative estimate of drug-likeness (QED) is 0.454. The molecule has 1 N–H and O–H groups in total. The molecule has 4 aromatic heterocycles. The fraction of sp³-hybridized carbons (Fsp3) is 0.154. The van der Waals surface area contributed by atoms with E-state index in [1.54, 1.807) is 29.0 Å². The molecule has 9 heteroatoms. The summed E-state index contributed by atoms with van der Waals surface area (Å²) in [4.78, 5) is 32.0. The fourth-order valence-electron chi connectivity index (χ4n) is 2.13. The van der Waals surface area contributed by atoms with Crippen LogP contribution >= 0.6 is 23.1 Å². The summed E-state index contributed by atoms with van der Waals surface area (Å²) in [5, 5.41) is 2.72. The second kappa shape index (κ2) is 5.50. The molecule has 0 aromatic carbocycles. The molecule has 0 radical (unpaired) electrons. The van der Waals surface area contributed by atoms with Crippen molar-refractivity contribution in [2.75, 3.05) is 5.75 Å². The van der Waals surface area contributed by atoms with E-state index in [9.17, 15) is 4.79 Å². The highest BCUT2D eigenvalue weighted by molar-refractivity contribution is 7.99. The average Bonchev–Trinajstić information content (AvgIpc) is 3.18. The lowest BCUT2D eigenvalue weighted by molar-refractivity contribution is 0.726. The maximum atomic E-state index is 12.3. The molecule has 0 aliphatic rings. The number of aromatic amines is 1. The van der Waals surface area contributed by atoms with Gasteiger partial charge in [-0.3, -0.25) is 9.36 Å². The lowest BCUT2D eigenvalue weighted by atomic mass is 10.5. The van der Waals surface area contributed by atoms with Crippen molar-refractivity contribution < 1.29 is 0 Å². The van der Waals surface area contributed by atoms with Gasteiger partial charge in [-0.15, -0.1) is 23.1 Å². The fourth-order valence-corrected chi connectivity index (χ4v) is 3.82. The number of thiophene rings is 1. The second-order valence-electron chi connectivity index (χ2n) is 4.51. The Labute approximate surface area is 132 Å². The molecule has 4 aromatic rings. The minimum absolute atomic E-state index is 0.00924. The van der Waals surface area contributed by atoms with Crippen LogP contribution in [0.5, 0.6) is 0 Å². The Bertz CT molecular complexity index is 1000. The first-order chi connectivity index (χ1) is 10.8. The standard InChI is InChI=1S/C13H10N6OS2/c20-13-10-8(1-3-21-10)18-7-19(13)2-4-22-12-9-11(15-5-14-9)16-6-17-12/h1,3,5-7H,2,4H2,(H,14,15,16,17). The van der Waals surface area contributed by atoms with E-state index in [2.05, 4.69) is 24.9 Å². The molecule has 0 atom stereocenters. The smallest absolute Gasteiger partial charge is 0.271 e. The molecule has 0 bridgehead atoms. The van der Waals surface area contributed by atoms with Gasteiger partial charge in [0.1, 0.15) is 21.6 Å². The Morgan fingerprint density at radius 2 is 2.23 bits per heavy atom. The Morgan fingerprint density at radius 1 is 1.27 bits per heavy atom. The second-order valence-corrected chi connectivity index (χ2v) is 6.51. The van der Waals surface area contributed by atoms with Gasteiger partial charge in [0.05, 0.1) is 18.2 Å². The summed E-state index contributed by atoms with van der Waals surface area (Å²) < 4.78 is 2.34. The molecule has 7 nitrogen and oxygen atoms in total. The van der Waals surface area contributed by atoms with Crippen LogP contribution in [0.4, 0.5) is 0 Å². The van der Waals surface area contributed by atoms with Crippen LogP contribution in [0.3, 0.4) is 0 Å². The molecule has 0 aliphatic carbocycles. The number of H-pyrrole nitrogens is 1. The maximum Gasteiger partial charge on any atom is 0.271 e. The summed E-state index contributed by atoms with van der Waals surface area (Å²) in [7, 11) is 0. The van der Waals surface area contributed by atoms with Gasteiger partial charge in [0.15, 0.2) is 5.65 Å². The molecule has 0 aliphatic heterocycles. The lowest BCUT2D eigenvalue weighted by Gasteiger charge is -2.05. The predicted octanol–water partition coefficient (Wildman–Crippen LogP) is 1.92. The molecule has 0 amide bonds. The third-order valence-corrected chi connectivity index (χ3v) is 5.06. The minimum Gasteiger partial charge on any atom is -0.341 e. The summed E-state index contributed by atoms with van der Waals surface area (Å²) in [5.74, 6) is 0.712. The summed E-state index contributed by atoms with van der Waals surface area (Å²) >= 11 is 2.98. The Hall–Kier alpha value is -2.26. The van der Waals surface area contributed by atoms with Crippen molar-refractivity contribution in [3.05, 3.63) is 40.8 Å². The number of nitrogens with zero attached hydrogens (tertiary/aromatic N) is 5. The average molecular weight is 330 g/mol. The number of fused-ring (bicyclic) bond motifs is 2. The van der Waals surface area contributed by atoms with Crippen molar-refractivity contribution in [1.29, 1.82) is 0 Å². The van der Waals surface area contributed by atoms with E-state index in [1.807, 2.05) is 11.4 Å². The predicted molar refractivity (Wildman–Crippen MR) is 86.3 cm³/mol. The van der Waals surface area contributed by atoms with E-state index < -0.39 is 0 Å². The van der Waals surface area contributed by atoms with Crippen LogP contribution in [0.25, 0.3) is 21.4 Å². The first-order valence-electron chi connectivity index (χ1n) is 6.52. The number of imidazole rings is 1. The van der Waals surface area contributed by atoms with Gasteiger partial charge >= 0.3 is 0 Å². The Kier molecular flexibility index (Phi) is 3.35. The van der Waals surface area contributed by atoms with Gasteiger partial charge in [-0.25, -0.2) is 19.9 Å². The van der Waals surface area contributed by atoms with Crippen LogP contribution in [0.1, 0.15) is 0 Å². The van der Waals surface area contributed by atoms with Gasteiger partial charge in [0.25, 0.3) is 5.56 Å². The summed E-state index contributed by atoms with van der Waals surface area (Å²) in [6, 6.07) is 1.86. The van der Waals surface area contributed by atoms with E-state index in [0.717, 1.165) is 16.1 Å². The van der Waals surface area contributed by atoms with Gasteiger partial charge < -0.3 is 4.98 Å². The molecule has 0 saturated carbocycles. The number of nitrogens with one attached hydrogen (secondary N) is 1. The van der Waals surface area contributed by atoms with E-state index in [0.29, 0.717) is 22.6 Å². The zero-order valence-corrected chi connectivity index (χ0v) is 12.9. The van der Waals surface area contributed by atoms with E-state index in [-0.39, 0.29) is 5.56 Å². The highest BCUT2D eigenvalue weighted by Crippen LogP contribution is 2.21. The highest BCUT2D eigenvalue weighted by Gasteiger charge is 2.08. The first kappa shape index (κ1) is 13.4. The van der Waals surface area contributed by atoms with Gasteiger partial charge in [-0.1, -0.05) is 0 Å². The van der Waals surface area contributed by atoms with Crippen LogP contribution < -0.4 is 5.56 Å². The number of thioether (sulfide) groups is 1. The normalized spacial score (nSPS) is 11.5. The molecule has 0 unspecified atom stereocenters. The first-order valence-corrected chi connectivity index (χ1v) is 8.39. The van der Waals surface area contributed by atoms with Crippen molar-refractivity contribution in [3.63, 3.8) is 0 Å². The molecular formula is C13H10N6OS2. The van der Waals surface area contributed by atoms with Gasteiger partial charge in [-0.05, 0) is 11.4 Å². The van der Waals surface area contributed by atoms with Crippen LogP contribution in [0.15, 0.2) is 40.2 Å². The molecule has 0 spiro atoms. The van der Waals surface area contributed by atoms with Crippen LogP contribution in [0, 0.1) is 0 Å². The monoisotopic (exact) mass is 330 g/mol. The Morgan fingerprint density at radius 3 is 3.18 bits per heavy atom. The zero-order valence-electron chi connectivity index (χ0n) is 11.3. The molecule has 0 saturated heterocycles. The number of hydrogen-bond donors (Lipinski definition) is 1. The van der Waals surface area contributed by atoms with Crippen LogP contribution in [-0.4, -0.2) is 35.2 Å². The number of rotatable bonds is 4. The third-order valence-electron chi connectivity index (χ3n) is 3.19. The molecule has 22 heavy (non-hydrogen) atoms. The maximum absolute atomic E-state index is 12.3. The number of aryl methyl sites for hydroxylation is 1. The van der Waals surface area contributed by atoms with Crippen molar-refractivity contribution >= 4 is 44.5 Å². The highest BCUT2D eigenvalue weighted by atomic mass is 32.2. The molecule has 110 valence electrons.